The summed E-state index contributed by atoms with van der Waals surface area (Å²) in [5, 5.41) is 12.6. The number of nitrogens with one attached hydrogen (secondary N) is 1. The highest BCUT2D eigenvalue weighted by Gasteiger charge is 2.06. The van der Waals surface area contributed by atoms with E-state index in [0.717, 1.165) is 5.56 Å². The van der Waals surface area contributed by atoms with Crippen molar-refractivity contribution >= 4 is 12.0 Å². The maximum atomic E-state index is 11.5. The lowest BCUT2D eigenvalue weighted by Crippen LogP contribution is -2.23. The van der Waals surface area contributed by atoms with Crippen molar-refractivity contribution in [2.24, 2.45) is 0 Å². The molecule has 0 aliphatic rings. The molecule has 1 aromatic carbocycles. The number of aliphatic hydroxyl groups is 1. The molecule has 0 saturated carbocycles. The second-order valence-corrected chi connectivity index (χ2v) is 4.35. The van der Waals surface area contributed by atoms with E-state index >= 15 is 0 Å². The zero-order chi connectivity index (χ0) is 14.2. The highest BCUT2D eigenvalue weighted by molar-refractivity contribution is 5.91. The standard InChI is InChI=1S/C16H17NO3/c18-15(13-5-2-1-3-6-13)10-11-17-16(19)9-8-14-7-4-12-20-14/h1-9,12,15,18H,10-11H2,(H,17,19). The van der Waals surface area contributed by atoms with Gasteiger partial charge in [-0.05, 0) is 30.2 Å². The fourth-order valence-corrected chi connectivity index (χ4v) is 1.78. The first kappa shape index (κ1) is 14.1. The van der Waals surface area contributed by atoms with E-state index < -0.39 is 6.10 Å². The third kappa shape index (κ3) is 4.40. The lowest BCUT2D eigenvalue weighted by Gasteiger charge is -2.10. The number of carbonyl (C=O) groups is 1. The van der Waals surface area contributed by atoms with Gasteiger partial charge in [0.25, 0.3) is 0 Å². The van der Waals surface area contributed by atoms with Crippen LogP contribution < -0.4 is 5.32 Å². The molecule has 0 aliphatic heterocycles. The summed E-state index contributed by atoms with van der Waals surface area (Å²) in [5.74, 6) is 0.422. The zero-order valence-corrected chi connectivity index (χ0v) is 11.0. The van der Waals surface area contributed by atoms with Gasteiger partial charge in [-0.1, -0.05) is 30.3 Å². The van der Waals surface area contributed by atoms with Crippen LogP contribution in [0.25, 0.3) is 6.08 Å². The molecular weight excluding hydrogens is 254 g/mol. The maximum absolute atomic E-state index is 11.5. The molecule has 0 aliphatic carbocycles. The Morgan fingerprint density at radius 3 is 2.75 bits per heavy atom. The number of hydrogen-bond acceptors (Lipinski definition) is 3. The molecule has 4 heteroatoms. The second kappa shape index (κ2) is 7.31. The predicted octanol–water partition coefficient (Wildman–Crippen LogP) is 2.53. The number of aliphatic hydroxyl groups excluding tert-OH is 1. The summed E-state index contributed by atoms with van der Waals surface area (Å²) < 4.78 is 5.08. The van der Waals surface area contributed by atoms with E-state index in [9.17, 15) is 9.90 Å². The fourth-order valence-electron chi connectivity index (χ4n) is 1.78. The summed E-state index contributed by atoms with van der Waals surface area (Å²) in [6.07, 6.45) is 4.47. The Kier molecular flexibility index (Phi) is 5.15. The average Bonchev–Trinajstić information content (AvgIpc) is 2.99. The SMILES string of the molecule is O=C(C=Cc1ccco1)NCCC(O)c1ccccc1. The van der Waals surface area contributed by atoms with Crippen LogP contribution >= 0.6 is 0 Å². The van der Waals surface area contributed by atoms with Crippen LogP contribution in [-0.4, -0.2) is 17.6 Å². The molecule has 4 nitrogen and oxygen atoms in total. The molecule has 0 spiro atoms. The van der Waals surface area contributed by atoms with Crippen LogP contribution in [0.15, 0.2) is 59.2 Å². The maximum Gasteiger partial charge on any atom is 0.244 e. The van der Waals surface area contributed by atoms with Crippen LogP contribution in [0.1, 0.15) is 23.8 Å². The Balaban J connectivity index is 1.72. The van der Waals surface area contributed by atoms with Crippen molar-refractivity contribution in [3.63, 3.8) is 0 Å². The lowest BCUT2D eigenvalue weighted by atomic mass is 10.1. The van der Waals surface area contributed by atoms with E-state index in [2.05, 4.69) is 5.32 Å². The van der Waals surface area contributed by atoms with Crippen LogP contribution in [-0.2, 0) is 4.79 Å². The molecule has 0 bridgehead atoms. The summed E-state index contributed by atoms with van der Waals surface area (Å²) in [6, 6.07) is 12.9. The van der Waals surface area contributed by atoms with Crippen LogP contribution in [0, 0.1) is 0 Å². The van der Waals surface area contributed by atoms with Gasteiger partial charge in [-0.3, -0.25) is 4.79 Å². The predicted molar refractivity (Wildman–Crippen MR) is 76.8 cm³/mol. The third-order valence-electron chi connectivity index (χ3n) is 2.84. The van der Waals surface area contributed by atoms with Gasteiger partial charge in [0.1, 0.15) is 5.76 Å². The van der Waals surface area contributed by atoms with E-state index in [0.29, 0.717) is 18.7 Å². The van der Waals surface area contributed by atoms with Gasteiger partial charge in [0.2, 0.25) is 5.91 Å². The van der Waals surface area contributed by atoms with Crippen molar-refractivity contribution in [2.45, 2.75) is 12.5 Å². The largest absolute Gasteiger partial charge is 0.465 e. The Hall–Kier alpha value is -2.33. The summed E-state index contributed by atoms with van der Waals surface area (Å²) in [4.78, 5) is 11.5. The molecule has 0 saturated heterocycles. The van der Waals surface area contributed by atoms with Crippen molar-refractivity contribution in [1.82, 2.24) is 5.32 Å². The highest BCUT2D eigenvalue weighted by atomic mass is 16.3. The van der Waals surface area contributed by atoms with E-state index in [1.165, 1.54) is 6.08 Å². The minimum atomic E-state index is -0.564. The van der Waals surface area contributed by atoms with Gasteiger partial charge in [0.05, 0.1) is 12.4 Å². The van der Waals surface area contributed by atoms with E-state index in [1.54, 1.807) is 24.5 Å². The number of rotatable bonds is 6. The van der Waals surface area contributed by atoms with Crippen molar-refractivity contribution < 1.29 is 14.3 Å². The van der Waals surface area contributed by atoms with Gasteiger partial charge in [0, 0.05) is 12.6 Å². The summed E-state index contributed by atoms with van der Waals surface area (Å²) >= 11 is 0. The zero-order valence-electron chi connectivity index (χ0n) is 11.0. The number of amides is 1. The Morgan fingerprint density at radius 2 is 2.05 bits per heavy atom. The molecule has 1 atom stereocenters. The van der Waals surface area contributed by atoms with E-state index in [1.807, 2.05) is 30.3 Å². The molecule has 0 fully saturated rings. The van der Waals surface area contributed by atoms with Crippen LogP contribution in [0.3, 0.4) is 0 Å². The van der Waals surface area contributed by atoms with Gasteiger partial charge in [-0.2, -0.15) is 0 Å². The van der Waals surface area contributed by atoms with E-state index in [-0.39, 0.29) is 5.91 Å². The van der Waals surface area contributed by atoms with Crippen LogP contribution in [0.5, 0.6) is 0 Å². The molecular formula is C16H17NO3. The lowest BCUT2D eigenvalue weighted by molar-refractivity contribution is -0.116. The quantitative estimate of drug-likeness (QED) is 0.794. The number of benzene rings is 1. The molecule has 0 radical (unpaired) electrons. The second-order valence-electron chi connectivity index (χ2n) is 4.35. The number of hydrogen-bond donors (Lipinski definition) is 2. The Labute approximate surface area is 117 Å². The molecule has 20 heavy (non-hydrogen) atoms. The van der Waals surface area contributed by atoms with Crippen LogP contribution in [0.2, 0.25) is 0 Å². The van der Waals surface area contributed by atoms with Crippen molar-refractivity contribution in [1.29, 1.82) is 0 Å². The third-order valence-corrected chi connectivity index (χ3v) is 2.84. The number of carbonyl (C=O) groups excluding carboxylic acids is 1. The average molecular weight is 271 g/mol. The summed E-state index contributed by atoms with van der Waals surface area (Å²) in [7, 11) is 0. The Morgan fingerprint density at radius 1 is 1.25 bits per heavy atom. The minimum absolute atomic E-state index is 0.207. The molecule has 1 unspecified atom stereocenters. The first-order chi connectivity index (χ1) is 9.75. The normalized spacial score (nSPS) is 12.4. The first-order valence-electron chi connectivity index (χ1n) is 6.48. The topological polar surface area (TPSA) is 62.5 Å². The van der Waals surface area contributed by atoms with E-state index in [4.69, 9.17) is 4.42 Å². The van der Waals surface area contributed by atoms with Gasteiger partial charge >= 0.3 is 0 Å². The molecule has 1 heterocycles. The van der Waals surface area contributed by atoms with Gasteiger partial charge in [0.15, 0.2) is 0 Å². The monoisotopic (exact) mass is 271 g/mol. The van der Waals surface area contributed by atoms with Crippen molar-refractivity contribution in [2.75, 3.05) is 6.54 Å². The van der Waals surface area contributed by atoms with Gasteiger partial charge in [-0.25, -0.2) is 0 Å². The van der Waals surface area contributed by atoms with Crippen molar-refractivity contribution in [3.05, 3.63) is 66.1 Å². The fraction of sp³-hybridized carbons (Fsp3) is 0.188. The molecule has 2 aromatic rings. The summed E-state index contributed by atoms with van der Waals surface area (Å²) in [6.45, 7) is 0.414. The molecule has 2 rings (SSSR count). The molecule has 1 amide bonds. The molecule has 2 N–H and O–H groups in total. The molecule has 1 aromatic heterocycles. The molecule has 104 valence electrons. The Bertz CT molecular complexity index is 546. The van der Waals surface area contributed by atoms with Crippen LogP contribution in [0.4, 0.5) is 0 Å². The first-order valence-corrected chi connectivity index (χ1v) is 6.48. The smallest absolute Gasteiger partial charge is 0.244 e. The summed E-state index contributed by atoms with van der Waals surface area (Å²) in [5.41, 5.74) is 0.855. The highest BCUT2D eigenvalue weighted by Crippen LogP contribution is 2.14. The van der Waals surface area contributed by atoms with Crippen molar-refractivity contribution in [3.8, 4) is 0 Å². The van der Waals surface area contributed by atoms with Gasteiger partial charge in [-0.15, -0.1) is 0 Å². The minimum Gasteiger partial charge on any atom is -0.465 e. The number of furan rings is 1. The van der Waals surface area contributed by atoms with Gasteiger partial charge < -0.3 is 14.8 Å².